The Hall–Kier alpha value is -1.84. The Bertz CT molecular complexity index is 438. The number of rotatable bonds is 1. The van der Waals surface area contributed by atoms with Crippen molar-refractivity contribution < 1.29 is 10.6 Å². The number of benzene rings is 1. The van der Waals surface area contributed by atoms with Gasteiger partial charge in [-0.05, 0) is 18.2 Å². The second-order valence-electron chi connectivity index (χ2n) is 2.40. The first-order valence-corrected chi connectivity index (χ1v) is 3.40. The molecule has 2 N–H and O–H groups in total. The molecule has 0 saturated carbocycles. The van der Waals surface area contributed by atoms with Gasteiger partial charge in [0.05, 0.1) is 0 Å². The molecule has 0 aliphatic rings. The molecule has 0 aliphatic carbocycles. The van der Waals surface area contributed by atoms with Gasteiger partial charge in [-0.2, -0.15) is 0 Å². The number of carbonyl (C=O) groups is 1. The first-order chi connectivity index (χ1) is 5.77. The summed E-state index contributed by atoms with van der Waals surface area (Å²) in [5.41, 5.74) is 6.81. The molecule has 1 heterocycles. The van der Waals surface area contributed by atoms with E-state index < -0.39 is 5.91 Å². The van der Waals surface area contributed by atoms with Crippen molar-refractivity contribution in [2.75, 3.05) is 0 Å². The summed E-state index contributed by atoms with van der Waals surface area (Å²) in [6, 6.07) is 4.87. The minimum absolute atomic E-state index is 0. The maximum Gasteiger partial charge on any atom is 1.00 e. The molecule has 2 rings (SSSR count). The molecule has 0 fully saturated rings. The predicted octanol–water partition coefficient (Wildman–Crippen LogP) is 1.04. The topological polar surface area (TPSA) is 69.1 Å². The smallest absolute Gasteiger partial charge is 0.443 e. The number of amides is 1. The summed E-state index contributed by atoms with van der Waals surface area (Å²) in [4.78, 5) is 14.6. The summed E-state index contributed by atoms with van der Waals surface area (Å²) in [5.74, 6) is -0.458. The zero-order chi connectivity index (χ0) is 8.55. The van der Waals surface area contributed by atoms with Gasteiger partial charge in [-0.15, -0.1) is 0 Å². The van der Waals surface area contributed by atoms with Crippen LogP contribution in [0.3, 0.4) is 0 Å². The standard InChI is InChI=1S/C8H6N2O2/c9-8(11)5-1-2-7-6(3-5)10-4-12-7/h1-4H,(H2,9,11)/p+1. The summed E-state index contributed by atoms with van der Waals surface area (Å²) in [6.45, 7) is 0. The SMILES string of the molecule is NC(=O)c1ccc2ocnc2c1.[H+]. The summed E-state index contributed by atoms with van der Waals surface area (Å²) in [5, 5.41) is 0. The number of nitrogens with two attached hydrogens (primary N) is 1. The van der Waals surface area contributed by atoms with Crippen LogP contribution in [0.4, 0.5) is 0 Å². The fourth-order valence-electron chi connectivity index (χ4n) is 1.01. The Kier molecular flexibility index (Phi) is 1.33. The third kappa shape index (κ3) is 0.934. The molecule has 2 aromatic rings. The first-order valence-electron chi connectivity index (χ1n) is 3.40. The molecular weight excluding hydrogens is 156 g/mol. The number of oxazole rings is 1. The van der Waals surface area contributed by atoms with Crippen molar-refractivity contribution in [2.45, 2.75) is 0 Å². The van der Waals surface area contributed by atoms with Crippen LogP contribution < -0.4 is 5.73 Å². The number of carbonyl (C=O) groups excluding carboxylic acids is 1. The lowest BCUT2D eigenvalue weighted by Gasteiger charge is -1.92. The molecule has 4 heteroatoms. The number of nitrogens with zero attached hydrogens (tertiary/aromatic N) is 1. The highest BCUT2D eigenvalue weighted by atomic mass is 16.3. The number of hydrogen-bond acceptors (Lipinski definition) is 3. The van der Waals surface area contributed by atoms with Crippen LogP contribution in [0.2, 0.25) is 0 Å². The van der Waals surface area contributed by atoms with Gasteiger partial charge in [0.2, 0.25) is 5.91 Å². The predicted molar refractivity (Wildman–Crippen MR) is 43.6 cm³/mol. The normalized spacial score (nSPS) is 10.3. The van der Waals surface area contributed by atoms with Crippen LogP contribution in [0.1, 0.15) is 11.8 Å². The Morgan fingerprint density at radius 2 is 2.42 bits per heavy atom. The largest absolute Gasteiger partial charge is 1.00 e. The molecule has 12 heavy (non-hydrogen) atoms. The maximum atomic E-state index is 10.7. The van der Waals surface area contributed by atoms with Gasteiger partial charge in [0.15, 0.2) is 12.0 Å². The fraction of sp³-hybridized carbons (Fsp3) is 0. The summed E-state index contributed by atoms with van der Waals surface area (Å²) >= 11 is 0. The molecule has 1 aromatic carbocycles. The van der Waals surface area contributed by atoms with E-state index in [0.29, 0.717) is 16.7 Å². The van der Waals surface area contributed by atoms with Crippen LogP contribution in [0.25, 0.3) is 11.1 Å². The lowest BCUT2D eigenvalue weighted by Crippen LogP contribution is -2.10. The average Bonchev–Trinajstić information content (AvgIpc) is 2.49. The second-order valence-corrected chi connectivity index (χ2v) is 2.40. The summed E-state index contributed by atoms with van der Waals surface area (Å²) < 4.78 is 4.99. The molecule has 1 aromatic heterocycles. The Morgan fingerprint density at radius 1 is 1.58 bits per heavy atom. The monoisotopic (exact) mass is 163 g/mol. The van der Waals surface area contributed by atoms with Crippen molar-refractivity contribution >= 4 is 17.0 Å². The van der Waals surface area contributed by atoms with Crippen LogP contribution in [-0.4, -0.2) is 10.9 Å². The van der Waals surface area contributed by atoms with E-state index in [1.54, 1.807) is 18.2 Å². The second kappa shape index (κ2) is 2.34. The number of primary amides is 1. The van der Waals surface area contributed by atoms with E-state index in [1.807, 2.05) is 0 Å². The zero-order valence-corrected chi connectivity index (χ0v) is 6.15. The van der Waals surface area contributed by atoms with Gasteiger partial charge in [-0.3, -0.25) is 4.79 Å². The molecule has 60 valence electrons. The minimum Gasteiger partial charge on any atom is -0.443 e. The van der Waals surface area contributed by atoms with Crippen LogP contribution in [0.15, 0.2) is 29.0 Å². The Morgan fingerprint density at radius 3 is 3.17 bits per heavy atom. The average molecular weight is 163 g/mol. The molecule has 4 nitrogen and oxygen atoms in total. The highest BCUT2D eigenvalue weighted by Gasteiger charge is 2.03. The molecule has 0 spiro atoms. The lowest BCUT2D eigenvalue weighted by molar-refractivity contribution is 0.100. The molecule has 1 amide bonds. The number of hydrogen-bond donors (Lipinski definition) is 1. The number of aromatic nitrogens is 1. The maximum absolute atomic E-state index is 10.7. The van der Waals surface area contributed by atoms with Crippen molar-refractivity contribution in [3.8, 4) is 0 Å². The van der Waals surface area contributed by atoms with E-state index in [1.165, 1.54) is 6.39 Å². The lowest BCUT2D eigenvalue weighted by atomic mass is 10.2. The Labute approximate surface area is 69.5 Å². The van der Waals surface area contributed by atoms with Crippen LogP contribution in [-0.2, 0) is 0 Å². The van der Waals surface area contributed by atoms with Gasteiger partial charge in [0, 0.05) is 5.56 Å². The summed E-state index contributed by atoms with van der Waals surface area (Å²) in [7, 11) is 0. The Balaban J connectivity index is 0.000000845. The molecule has 0 radical (unpaired) electrons. The van der Waals surface area contributed by atoms with Crippen molar-refractivity contribution in [1.29, 1.82) is 0 Å². The van der Waals surface area contributed by atoms with E-state index in [4.69, 9.17) is 10.2 Å². The van der Waals surface area contributed by atoms with Crippen molar-refractivity contribution in [3.63, 3.8) is 0 Å². The van der Waals surface area contributed by atoms with E-state index >= 15 is 0 Å². The van der Waals surface area contributed by atoms with Gasteiger partial charge in [-0.1, -0.05) is 0 Å². The van der Waals surface area contributed by atoms with Crippen LogP contribution in [0, 0.1) is 0 Å². The molecule has 0 unspecified atom stereocenters. The zero-order valence-electron chi connectivity index (χ0n) is 7.15. The van der Waals surface area contributed by atoms with E-state index in [0.717, 1.165) is 0 Å². The highest BCUT2D eigenvalue weighted by Crippen LogP contribution is 2.13. The molecular formula is C8H7N2O2+. The first kappa shape index (κ1) is 6.84. The van der Waals surface area contributed by atoms with E-state index in [-0.39, 0.29) is 1.43 Å². The van der Waals surface area contributed by atoms with Gasteiger partial charge in [-0.25, -0.2) is 4.98 Å². The van der Waals surface area contributed by atoms with Crippen molar-refractivity contribution in [2.24, 2.45) is 5.73 Å². The molecule has 0 atom stereocenters. The van der Waals surface area contributed by atoms with Crippen LogP contribution >= 0.6 is 0 Å². The van der Waals surface area contributed by atoms with Gasteiger partial charge in [0.1, 0.15) is 5.52 Å². The summed E-state index contributed by atoms with van der Waals surface area (Å²) in [6.07, 6.45) is 1.33. The third-order valence-electron chi connectivity index (χ3n) is 1.61. The quantitative estimate of drug-likeness (QED) is 0.682. The van der Waals surface area contributed by atoms with Crippen molar-refractivity contribution in [3.05, 3.63) is 30.2 Å². The van der Waals surface area contributed by atoms with Crippen molar-refractivity contribution in [1.82, 2.24) is 4.98 Å². The third-order valence-corrected chi connectivity index (χ3v) is 1.61. The fourth-order valence-corrected chi connectivity index (χ4v) is 1.01. The highest BCUT2D eigenvalue weighted by molar-refractivity contribution is 5.95. The van der Waals surface area contributed by atoms with Gasteiger partial charge in [0.25, 0.3) is 0 Å². The number of fused-ring (bicyclic) bond motifs is 1. The molecule has 0 saturated heterocycles. The van der Waals surface area contributed by atoms with Crippen LogP contribution in [0.5, 0.6) is 0 Å². The van der Waals surface area contributed by atoms with E-state index in [9.17, 15) is 4.79 Å². The van der Waals surface area contributed by atoms with Gasteiger partial charge >= 0.3 is 1.43 Å². The van der Waals surface area contributed by atoms with E-state index in [2.05, 4.69) is 4.98 Å². The molecule has 0 bridgehead atoms. The molecule has 0 aliphatic heterocycles. The minimum atomic E-state index is -0.458. The van der Waals surface area contributed by atoms with Gasteiger partial charge < -0.3 is 10.2 Å².